The van der Waals surface area contributed by atoms with Gasteiger partial charge in [0.15, 0.2) is 0 Å². The highest BCUT2D eigenvalue weighted by molar-refractivity contribution is 7.88. The van der Waals surface area contributed by atoms with Gasteiger partial charge in [0.25, 0.3) is 0 Å². The average Bonchev–Trinajstić information content (AvgIpc) is 2.11. The zero-order valence-corrected chi connectivity index (χ0v) is 9.75. The molecule has 1 N–H and O–H groups in total. The van der Waals surface area contributed by atoms with Crippen LogP contribution in [0.15, 0.2) is 18.2 Å². The monoisotopic (exact) mass is 253 g/mol. The van der Waals surface area contributed by atoms with Crippen LogP contribution in [0.2, 0.25) is 10.0 Å². The number of nitrogens with one attached hydrogen (secondary N) is 1. The third-order valence-corrected chi connectivity index (χ3v) is 3.58. The Kier molecular flexibility index (Phi) is 3.78. The van der Waals surface area contributed by atoms with Gasteiger partial charge in [-0.05, 0) is 30.8 Å². The van der Waals surface area contributed by atoms with Crippen molar-refractivity contribution in [3.05, 3.63) is 33.8 Å². The van der Waals surface area contributed by atoms with E-state index in [0.717, 1.165) is 0 Å². The second-order valence-electron chi connectivity index (χ2n) is 2.70. The Hall–Kier alpha value is -0.290. The number of hydrogen-bond acceptors (Lipinski definition) is 2. The first-order valence-electron chi connectivity index (χ1n) is 3.80. The third-order valence-electron chi connectivity index (χ3n) is 1.66. The number of sulfonamides is 1. The van der Waals surface area contributed by atoms with Crippen LogP contribution in [-0.2, 0) is 15.8 Å². The Labute approximate surface area is 93.1 Å². The van der Waals surface area contributed by atoms with Crippen LogP contribution in [0.25, 0.3) is 0 Å². The summed E-state index contributed by atoms with van der Waals surface area (Å²) >= 11 is 11.5. The van der Waals surface area contributed by atoms with Crippen molar-refractivity contribution >= 4 is 33.2 Å². The van der Waals surface area contributed by atoms with Crippen LogP contribution in [0.3, 0.4) is 0 Å². The second-order valence-corrected chi connectivity index (χ2v) is 5.47. The van der Waals surface area contributed by atoms with E-state index in [-0.39, 0.29) is 5.75 Å². The molecule has 0 saturated heterocycles. The molecule has 0 heterocycles. The van der Waals surface area contributed by atoms with Crippen molar-refractivity contribution in [3.8, 4) is 0 Å². The summed E-state index contributed by atoms with van der Waals surface area (Å²) in [5, 5.41) is 0.865. The van der Waals surface area contributed by atoms with Gasteiger partial charge in [-0.25, -0.2) is 13.1 Å². The van der Waals surface area contributed by atoms with Gasteiger partial charge < -0.3 is 0 Å². The molecule has 1 aromatic rings. The van der Waals surface area contributed by atoms with E-state index in [9.17, 15) is 8.42 Å². The van der Waals surface area contributed by atoms with Crippen molar-refractivity contribution in [2.24, 2.45) is 0 Å². The lowest BCUT2D eigenvalue weighted by Crippen LogP contribution is -2.20. The van der Waals surface area contributed by atoms with Crippen LogP contribution in [0.5, 0.6) is 0 Å². The number of benzene rings is 1. The van der Waals surface area contributed by atoms with E-state index in [1.807, 2.05) is 0 Å². The van der Waals surface area contributed by atoms with Crippen molar-refractivity contribution in [2.75, 3.05) is 7.05 Å². The predicted molar refractivity (Wildman–Crippen MR) is 58.1 cm³/mol. The van der Waals surface area contributed by atoms with E-state index in [2.05, 4.69) is 4.72 Å². The highest BCUT2D eigenvalue weighted by Gasteiger charge is 2.11. The molecule has 0 aliphatic rings. The normalized spacial score (nSPS) is 11.6. The SMILES string of the molecule is CNS(=O)(=O)Cc1cc(Cl)ccc1Cl. The van der Waals surface area contributed by atoms with Crippen molar-refractivity contribution < 1.29 is 8.42 Å². The Morgan fingerprint density at radius 3 is 2.57 bits per heavy atom. The second kappa shape index (κ2) is 4.49. The minimum atomic E-state index is -3.30. The summed E-state index contributed by atoms with van der Waals surface area (Å²) in [7, 11) is -1.95. The molecule has 1 aromatic carbocycles. The van der Waals surface area contributed by atoms with Gasteiger partial charge in [0.1, 0.15) is 0 Å². The molecule has 0 bridgehead atoms. The molecule has 3 nitrogen and oxygen atoms in total. The lowest BCUT2D eigenvalue weighted by atomic mass is 10.2. The summed E-state index contributed by atoms with van der Waals surface area (Å²) in [5.41, 5.74) is 0.494. The first-order chi connectivity index (χ1) is 6.44. The fraction of sp³-hybridized carbons (Fsp3) is 0.250. The van der Waals surface area contributed by atoms with Gasteiger partial charge in [-0.15, -0.1) is 0 Å². The molecule has 0 aliphatic heterocycles. The molecule has 0 atom stereocenters. The van der Waals surface area contributed by atoms with Crippen LogP contribution < -0.4 is 4.72 Å². The fourth-order valence-corrected chi connectivity index (χ4v) is 2.18. The molecule has 14 heavy (non-hydrogen) atoms. The van der Waals surface area contributed by atoms with E-state index in [1.54, 1.807) is 18.2 Å². The summed E-state index contributed by atoms with van der Waals surface area (Å²) in [6, 6.07) is 4.72. The average molecular weight is 254 g/mol. The van der Waals surface area contributed by atoms with E-state index in [0.29, 0.717) is 15.6 Å². The fourth-order valence-electron chi connectivity index (χ4n) is 0.931. The molecule has 0 amide bonds. The van der Waals surface area contributed by atoms with Gasteiger partial charge in [-0.1, -0.05) is 23.2 Å². The summed E-state index contributed by atoms with van der Waals surface area (Å²) in [6.07, 6.45) is 0. The van der Waals surface area contributed by atoms with Crippen LogP contribution in [0.4, 0.5) is 0 Å². The van der Waals surface area contributed by atoms with Crippen molar-refractivity contribution in [3.63, 3.8) is 0 Å². The Morgan fingerprint density at radius 1 is 1.36 bits per heavy atom. The minimum Gasteiger partial charge on any atom is -0.218 e. The molecule has 78 valence electrons. The lowest BCUT2D eigenvalue weighted by Gasteiger charge is -2.05. The van der Waals surface area contributed by atoms with Gasteiger partial charge >= 0.3 is 0 Å². The summed E-state index contributed by atoms with van der Waals surface area (Å²) < 4.78 is 24.6. The number of rotatable bonds is 3. The van der Waals surface area contributed by atoms with E-state index in [1.165, 1.54) is 7.05 Å². The van der Waals surface area contributed by atoms with Crippen LogP contribution in [0, 0.1) is 0 Å². The van der Waals surface area contributed by atoms with Gasteiger partial charge in [0.05, 0.1) is 5.75 Å². The molecule has 1 rings (SSSR count). The predicted octanol–water partition coefficient (Wildman–Crippen LogP) is 2.04. The maximum absolute atomic E-state index is 11.2. The molecule has 0 aromatic heterocycles. The smallest absolute Gasteiger partial charge is 0.215 e. The van der Waals surface area contributed by atoms with Gasteiger partial charge in [-0.2, -0.15) is 0 Å². The van der Waals surface area contributed by atoms with E-state index >= 15 is 0 Å². The molecule has 0 aliphatic carbocycles. The van der Waals surface area contributed by atoms with Crippen molar-refractivity contribution in [1.29, 1.82) is 0 Å². The Morgan fingerprint density at radius 2 is 2.00 bits per heavy atom. The van der Waals surface area contributed by atoms with Gasteiger partial charge in [0.2, 0.25) is 10.0 Å². The van der Waals surface area contributed by atoms with Gasteiger partial charge in [-0.3, -0.25) is 0 Å². The molecule has 6 heteroatoms. The topological polar surface area (TPSA) is 46.2 Å². The third kappa shape index (κ3) is 3.13. The largest absolute Gasteiger partial charge is 0.218 e. The first-order valence-corrected chi connectivity index (χ1v) is 6.20. The maximum Gasteiger partial charge on any atom is 0.215 e. The molecule has 0 saturated carbocycles. The molecule has 0 radical (unpaired) electrons. The molecular formula is C8H9Cl2NO2S. The highest BCUT2D eigenvalue weighted by Crippen LogP contribution is 2.22. The quantitative estimate of drug-likeness (QED) is 0.897. The van der Waals surface area contributed by atoms with E-state index < -0.39 is 10.0 Å². The molecule has 0 fully saturated rings. The van der Waals surface area contributed by atoms with Crippen LogP contribution in [-0.4, -0.2) is 15.5 Å². The number of halogens is 2. The molecule has 0 unspecified atom stereocenters. The molecular weight excluding hydrogens is 245 g/mol. The zero-order valence-electron chi connectivity index (χ0n) is 7.42. The van der Waals surface area contributed by atoms with Crippen LogP contribution in [0.1, 0.15) is 5.56 Å². The highest BCUT2D eigenvalue weighted by atomic mass is 35.5. The van der Waals surface area contributed by atoms with E-state index in [4.69, 9.17) is 23.2 Å². The standard InChI is InChI=1S/C8H9Cl2NO2S/c1-11-14(12,13)5-6-4-7(9)2-3-8(6)10/h2-4,11H,5H2,1H3. The summed E-state index contributed by atoms with van der Waals surface area (Å²) in [5.74, 6) is -0.164. The molecule has 0 spiro atoms. The summed E-state index contributed by atoms with van der Waals surface area (Å²) in [4.78, 5) is 0. The van der Waals surface area contributed by atoms with Crippen molar-refractivity contribution in [2.45, 2.75) is 5.75 Å². The zero-order chi connectivity index (χ0) is 10.8. The summed E-state index contributed by atoms with van der Waals surface area (Å²) in [6.45, 7) is 0. The number of hydrogen-bond donors (Lipinski definition) is 1. The first kappa shape index (κ1) is 11.8. The lowest BCUT2D eigenvalue weighted by molar-refractivity contribution is 0.587. The van der Waals surface area contributed by atoms with Crippen molar-refractivity contribution in [1.82, 2.24) is 4.72 Å². The Balaban J connectivity index is 3.03. The maximum atomic E-state index is 11.2. The Bertz CT molecular complexity index is 431. The van der Waals surface area contributed by atoms with Crippen LogP contribution >= 0.6 is 23.2 Å². The van der Waals surface area contributed by atoms with Gasteiger partial charge in [0, 0.05) is 10.0 Å². The minimum absolute atomic E-state index is 0.164.